The highest BCUT2D eigenvalue weighted by Gasteiger charge is 2.59. The lowest BCUT2D eigenvalue weighted by Crippen LogP contribution is -2.58. The average molecular weight is 427 g/mol. The minimum Gasteiger partial charge on any atom is -0.445 e. The molecule has 0 aliphatic carbocycles. The molecule has 0 radical (unpaired) electrons. The molecule has 7 nitrogen and oxygen atoms in total. The fraction of sp³-hybridized carbons (Fsp3) is 0.364. The van der Waals surface area contributed by atoms with Gasteiger partial charge in [0.05, 0.1) is 17.5 Å². The number of rotatable bonds is 3. The number of carbonyl (C=O) groups is 2. The predicted octanol–water partition coefficient (Wildman–Crippen LogP) is 3.64. The smallest absolute Gasteiger partial charge is 0.413 e. The Balaban J connectivity index is 1.33. The molecule has 0 spiro atoms. The van der Waals surface area contributed by atoms with E-state index in [1.807, 2.05) is 30.3 Å². The molecule has 3 heterocycles. The molecule has 3 fully saturated rings. The summed E-state index contributed by atoms with van der Waals surface area (Å²) in [7, 11) is -3.72. The van der Waals surface area contributed by atoms with E-state index in [1.165, 1.54) is 0 Å². The summed E-state index contributed by atoms with van der Waals surface area (Å²) in [4.78, 5) is 27.4. The van der Waals surface area contributed by atoms with Crippen LogP contribution in [-0.2, 0) is 29.8 Å². The summed E-state index contributed by atoms with van der Waals surface area (Å²) >= 11 is 0. The van der Waals surface area contributed by atoms with Gasteiger partial charge >= 0.3 is 19.7 Å². The molecule has 0 saturated carbocycles. The number of fused-ring (bicyclic) bond motifs is 4. The Labute approximate surface area is 174 Å². The summed E-state index contributed by atoms with van der Waals surface area (Å²) in [5.41, 5.74) is 0.900. The molecule has 1 amide bonds. The van der Waals surface area contributed by atoms with Gasteiger partial charge in [-0.15, -0.1) is 0 Å². The van der Waals surface area contributed by atoms with Gasteiger partial charge < -0.3 is 14.2 Å². The number of ether oxygens (including phenoxy) is 1. The number of piperidine rings is 1. The first-order valence-corrected chi connectivity index (χ1v) is 11.7. The number of hydrogen-bond donors (Lipinski definition) is 0. The van der Waals surface area contributed by atoms with Gasteiger partial charge in [0.1, 0.15) is 12.5 Å². The molecule has 5 atom stereocenters. The fourth-order valence-corrected chi connectivity index (χ4v) is 6.50. The number of carbonyl (C=O) groups excluding carboxylic acids is 2. The Morgan fingerprint density at radius 2 is 1.77 bits per heavy atom. The third kappa shape index (κ3) is 3.32. The third-order valence-electron chi connectivity index (χ3n) is 6.11. The van der Waals surface area contributed by atoms with Crippen molar-refractivity contribution in [2.24, 2.45) is 5.92 Å². The Morgan fingerprint density at radius 3 is 2.50 bits per heavy atom. The third-order valence-corrected chi connectivity index (χ3v) is 8.01. The largest absolute Gasteiger partial charge is 0.445 e. The van der Waals surface area contributed by atoms with Gasteiger partial charge in [-0.25, -0.2) is 9.36 Å². The quantitative estimate of drug-likeness (QED) is 0.696. The molecule has 30 heavy (non-hydrogen) atoms. The maximum atomic E-state index is 13.2. The minimum absolute atomic E-state index is 0.102. The lowest BCUT2D eigenvalue weighted by molar-refractivity contribution is -0.154. The molecule has 0 N–H and O–H groups in total. The van der Waals surface area contributed by atoms with E-state index in [-0.39, 0.29) is 18.7 Å². The number of benzene rings is 2. The van der Waals surface area contributed by atoms with E-state index < -0.39 is 31.7 Å². The second-order valence-corrected chi connectivity index (χ2v) is 9.80. The van der Waals surface area contributed by atoms with Gasteiger partial charge in [0, 0.05) is 6.04 Å². The van der Waals surface area contributed by atoms with Crippen molar-refractivity contribution in [1.82, 2.24) is 4.90 Å². The van der Waals surface area contributed by atoms with Gasteiger partial charge in [-0.2, -0.15) is 0 Å². The van der Waals surface area contributed by atoms with Crippen LogP contribution in [0.3, 0.4) is 0 Å². The van der Waals surface area contributed by atoms with Crippen LogP contribution >= 0.6 is 7.60 Å². The molecule has 2 aromatic carbocycles. The van der Waals surface area contributed by atoms with Crippen molar-refractivity contribution in [2.75, 3.05) is 0 Å². The summed E-state index contributed by atoms with van der Waals surface area (Å²) in [6.07, 6.45) is 0.889. The van der Waals surface area contributed by atoms with Gasteiger partial charge in [0.25, 0.3) is 0 Å². The van der Waals surface area contributed by atoms with Crippen molar-refractivity contribution in [2.45, 2.75) is 44.1 Å². The van der Waals surface area contributed by atoms with E-state index in [1.54, 1.807) is 35.2 Å². The molecule has 5 rings (SSSR count). The highest BCUT2D eigenvalue weighted by Crippen LogP contribution is 2.57. The first kappa shape index (κ1) is 19.3. The van der Waals surface area contributed by atoms with E-state index in [2.05, 4.69) is 0 Å². The minimum atomic E-state index is -3.72. The molecule has 3 saturated heterocycles. The number of hydrogen-bond acceptors (Lipinski definition) is 6. The molecular weight excluding hydrogens is 405 g/mol. The van der Waals surface area contributed by atoms with Crippen LogP contribution in [0.5, 0.6) is 0 Å². The van der Waals surface area contributed by atoms with Gasteiger partial charge in [0.2, 0.25) is 0 Å². The molecule has 156 valence electrons. The summed E-state index contributed by atoms with van der Waals surface area (Å²) in [5, 5.41) is 0.369. The van der Waals surface area contributed by atoms with Crippen molar-refractivity contribution in [3.63, 3.8) is 0 Å². The summed E-state index contributed by atoms with van der Waals surface area (Å²) in [5.74, 6) is -1.22. The van der Waals surface area contributed by atoms with Crippen LogP contribution in [0.2, 0.25) is 0 Å². The van der Waals surface area contributed by atoms with Crippen LogP contribution in [0, 0.1) is 5.92 Å². The first-order chi connectivity index (χ1) is 14.5. The highest BCUT2D eigenvalue weighted by atomic mass is 31.2. The van der Waals surface area contributed by atoms with Crippen molar-refractivity contribution in [1.29, 1.82) is 0 Å². The predicted molar refractivity (Wildman–Crippen MR) is 108 cm³/mol. The maximum absolute atomic E-state index is 13.2. The lowest BCUT2D eigenvalue weighted by atomic mass is 9.88. The van der Waals surface area contributed by atoms with Crippen LogP contribution in [0.1, 0.15) is 24.8 Å². The molecule has 1 unspecified atom stereocenters. The topological polar surface area (TPSA) is 82.1 Å². The summed E-state index contributed by atoms with van der Waals surface area (Å²) in [6, 6.07) is 17.5. The number of nitrogens with zero attached hydrogens (tertiary/aromatic N) is 1. The SMILES string of the molecule is O=C1OP(=O)(c2ccccc2)O[C@H]2C[C@@H]3CC[C@H]([C@@H]12)N3C(=O)OCc1ccccc1. The Bertz CT molecular complexity index is 997. The molecule has 0 aromatic heterocycles. The van der Waals surface area contributed by atoms with Crippen LogP contribution < -0.4 is 5.30 Å². The molecule has 3 aliphatic heterocycles. The van der Waals surface area contributed by atoms with Crippen LogP contribution in [0.15, 0.2) is 60.7 Å². The molecule has 2 aromatic rings. The zero-order valence-electron chi connectivity index (χ0n) is 16.3. The molecule has 2 bridgehead atoms. The van der Waals surface area contributed by atoms with Gasteiger partial charge in [0.15, 0.2) is 0 Å². The maximum Gasteiger partial charge on any atom is 0.413 e. The normalized spacial score (nSPS) is 32.3. The van der Waals surface area contributed by atoms with Gasteiger partial charge in [-0.1, -0.05) is 48.5 Å². The van der Waals surface area contributed by atoms with E-state index in [0.717, 1.165) is 12.0 Å². The first-order valence-electron chi connectivity index (χ1n) is 10.1. The standard InChI is InChI=1S/C22H22NO6P/c24-21-20-18-12-11-16(23(18)22(25)27-14-15-7-3-1-4-8-15)13-19(20)28-30(26,29-21)17-9-5-2-6-10-17/h1-10,16,18-20H,11-14H2/t16-,18+,19-,20+,30?/m0/s1. The zero-order valence-corrected chi connectivity index (χ0v) is 17.1. The fourth-order valence-electron chi connectivity index (χ4n) is 4.76. The monoisotopic (exact) mass is 427 g/mol. The Hall–Kier alpha value is -2.63. The Morgan fingerprint density at radius 1 is 1.07 bits per heavy atom. The van der Waals surface area contributed by atoms with Crippen molar-refractivity contribution in [3.05, 3.63) is 66.2 Å². The molecular formula is C22H22NO6P. The Kier molecular flexibility index (Phi) is 4.88. The average Bonchev–Trinajstić information content (AvgIpc) is 3.07. The van der Waals surface area contributed by atoms with Gasteiger partial charge in [-0.05, 0) is 37.0 Å². The van der Waals surface area contributed by atoms with E-state index in [0.29, 0.717) is 18.1 Å². The second-order valence-electron chi connectivity index (χ2n) is 7.89. The van der Waals surface area contributed by atoms with E-state index in [9.17, 15) is 14.2 Å². The van der Waals surface area contributed by atoms with Crippen molar-refractivity contribution < 1.29 is 27.9 Å². The van der Waals surface area contributed by atoms with E-state index >= 15 is 0 Å². The van der Waals surface area contributed by atoms with Crippen LogP contribution in [0.25, 0.3) is 0 Å². The lowest BCUT2D eigenvalue weighted by Gasteiger charge is -2.45. The van der Waals surface area contributed by atoms with Crippen molar-refractivity contribution in [3.8, 4) is 0 Å². The summed E-state index contributed by atoms with van der Waals surface area (Å²) < 4.78 is 30.0. The second kappa shape index (κ2) is 7.56. The summed E-state index contributed by atoms with van der Waals surface area (Å²) in [6.45, 7) is 0.174. The van der Waals surface area contributed by atoms with Gasteiger partial charge in [-0.3, -0.25) is 9.32 Å². The zero-order chi connectivity index (χ0) is 20.7. The highest BCUT2D eigenvalue weighted by molar-refractivity contribution is 7.62. The van der Waals surface area contributed by atoms with Crippen molar-refractivity contribution >= 4 is 25.0 Å². The van der Waals surface area contributed by atoms with Crippen LogP contribution in [-0.4, -0.2) is 35.2 Å². The van der Waals surface area contributed by atoms with E-state index in [4.69, 9.17) is 13.8 Å². The molecule has 3 aliphatic rings. The molecule has 8 heteroatoms. The number of amides is 1. The van der Waals surface area contributed by atoms with Crippen LogP contribution in [0.4, 0.5) is 4.79 Å².